The second-order valence-electron chi connectivity index (χ2n) is 13.8. The van der Waals surface area contributed by atoms with Gasteiger partial charge in [-0.15, -0.1) is 0 Å². The fraction of sp³-hybridized carbons (Fsp3) is 0.211. The largest absolute Gasteiger partial charge is 0.551 e. The van der Waals surface area contributed by atoms with Crippen LogP contribution in [0.15, 0.2) is 101 Å². The number of fused-ring (bicyclic) bond motifs is 8. The van der Waals surface area contributed by atoms with E-state index in [9.17, 15) is 0 Å². The predicted molar refractivity (Wildman–Crippen MR) is 177 cm³/mol. The van der Waals surface area contributed by atoms with E-state index >= 15 is 0 Å². The summed E-state index contributed by atoms with van der Waals surface area (Å²) in [5.74, 6) is 0.911. The van der Waals surface area contributed by atoms with E-state index in [0.717, 1.165) is 50.3 Å². The van der Waals surface area contributed by atoms with Crippen molar-refractivity contribution in [3.8, 4) is 16.9 Å². The number of para-hydroxylation sites is 2. The lowest BCUT2D eigenvalue weighted by Crippen LogP contribution is -2.56. The molecule has 3 heterocycles. The van der Waals surface area contributed by atoms with Crippen LogP contribution in [0.2, 0.25) is 0 Å². The van der Waals surface area contributed by atoms with E-state index in [1.165, 1.54) is 27.6 Å². The minimum Gasteiger partial charge on any atom is -0.551 e. The summed E-state index contributed by atoms with van der Waals surface area (Å²) < 4.78 is 13.5. The summed E-state index contributed by atoms with van der Waals surface area (Å²) in [4.78, 5) is 2.41. The van der Waals surface area contributed by atoms with Crippen LogP contribution in [0.3, 0.4) is 0 Å². The molecule has 42 heavy (non-hydrogen) atoms. The Labute approximate surface area is 247 Å². The first-order chi connectivity index (χ1) is 20.1. The first-order valence-electron chi connectivity index (χ1n) is 14.9. The Hall–Kier alpha value is -4.44. The molecule has 0 aliphatic carbocycles. The highest BCUT2D eigenvalue weighted by Crippen LogP contribution is 2.48. The average Bonchev–Trinajstić information content (AvgIpc) is 3.34. The third-order valence-corrected chi connectivity index (χ3v) is 9.00. The minimum absolute atomic E-state index is 0.00854. The zero-order valence-electron chi connectivity index (χ0n) is 25.1. The lowest BCUT2D eigenvalue weighted by Gasteiger charge is -2.40. The lowest BCUT2D eigenvalue weighted by atomic mass is 9.49. The monoisotopic (exact) mass is 547 g/mol. The van der Waals surface area contributed by atoms with Crippen LogP contribution in [0.25, 0.3) is 33.1 Å². The van der Waals surface area contributed by atoms with Crippen LogP contribution in [-0.4, -0.2) is 6.92 Å². The Balaban J connectivity index is 1.50. The second kappa shape index (κ2) is 8.55. The summed E-state index contributed by atoms with van der Waals surface area (Å²) in [6, 6.07) is 35.1. The Kier molecular flexibility index (Phi) is 5.15. The SMILES string of the molecule is CC(C)(C)c1ccc(N2c3ccc(C(C)(C)C)cc3B3Oc4ccccc4-c4c3c2cc2oc3ccccc3c42)cc1. The highest BCUT2D eigenvalue weighted by atomic mass is 16.4. The van der Waals surface area contributed by atoms with E-state index in [2.05, 4.69) is 137 Å². The van der Waals surface area contributed by atoms with Crippen LogP contribution in [0.4, 0.5) is 17.1 Å². The molecule has 1 aromatic heterocycles. The average molecular weight is 548 g/mol. The standard InChI is InChI=1S/C38H34BNO2/c1-37(2,3)23-15-18-25(19-16-23)40-29-20-17-24(38(4,5)6)21-28(29)39-36-30(40)22-33-34(26-11-7-9-13-31(26)41-33)35(36)27-12-8-10-14-32(27)42-39/h7-22H,1-6H3. The lowest BCUT2D eigenvalue weighted by molar-refractivity contribution is 0.585. The van der Waals surface area contributed by atoms with Gasteiger partial charge in [-0.25, -0.2) is 0 Å². The molecule has 8 rings (SSSR count). The van der Waals surface area contributed by atoms with Gasteiger partial charge in [0.25, 0.3) is 0 Å². The topological polar surface area (TPSA) is 25.6 Å². The molecule has 0 spiro atoms. The van der Waals surface area contributed by atoms with Gasteiger partial charge in [0.05, 0.1) is 0 Å². The fourth-order valence-corrected chi connectivity index (χ4v) is 6.75. The van der Waals surface area contributed by atoms with Gasteiger partial charge in [0.15, 0.2) is 0 Å². The van der Waals surface area contributed by atoms with Crippen molar-refractivity contribution in [2.45, 2.75) is 52.4 Å². The van der Waals surface area contributed by atoms with Crippen molar-refractivity contribution in [3.05, 3.63) is 108 Å². The first-order valence-corrected chi connectivity index (χ1v) is 14.9. The number of rotatable bonds is 1. The van der Waals surface area contributed by atoms with Crippen molar-refractivity contribution in [1.82, 2.24) is 0 Å². The summed E-state index contributed by atoms with van der Waals surface area (Å²) >= 11 is 0. The summed E-state index contributed by atoms with van der Waals surface area (Å²) in [7, 11) is 0. The molecule has 0 N–H and O–H groups in total. The van der Waals surface area contributed by atoms with Crippen LogP contribution in [-0.2, 0) is 10.8 Å². The van der Waals surface area contributed by atoms with Crippen LogP contribution in [0, 0.1) is 0 Å². The molecule has 0 atom stereocenters. The molecule has 4 heteroatoms. The number of anilines is 3. The summed E-state index contributed by atoms with van der Waals surface area (Å²) in [6.07, 6.45) is 0. The Morgan fingerprint density at radius 1 is 0.643 bits per heavy atom. The number of benzene rings is 5. The van der Waals surface area contributed by atoms with Crippen molar-refractivity contribution >= 4 is 56.8 Å². The Morgan fingerprint density at radius 2 is 1.33 bits per heavy atom. The molecule has 3 nitrogen and oxygen atoms in total. The second-order valence-corrected chi connectivity index (χ2v) is 13.8. The van der Waals surface area contributed by atoms with Crippen LogP contribution < -0.4 is 20.5 Å². The van der Waals surface area contributed by atoms with Gasteiger partial charge in [-0.1, -0.05) is 102 Å². The molecule has 2 aliphatic rings. The minimum atomic E-state index is -0.231. The van der Waals surface area contributed by atoms with Crippen molar-refractivity contribution in [1.29, 1.82) is 0 Å². The number of hydrogen-bond acceptors (Lipinski definition) is 3. The van der Waals surface area contributed by atoms with Crippen LogP contribution in [0.1, 0.15) is 52.7 Å². The fourth-order valence-electron chi connectivity index (χ4n) is 6.75. The quantitative estimate of drug-likeness (QED) is 0.192. The number of nitrogens with zero attached hydrogens (tertiary/aromatic N) is 1. The van der Waals surface area contributed by atoms with Gasteiger partial charge in [-0.2, -0.15) is 0 Å². The van der Waals surface area contributed by atoms with E-state index in [-0.39, 0.29) is 17.7 Å². The van der Waals surface area contributed by atoms with E-state index in [1.54, 1.807) is 0 Å². The smallest absolute Gasteiger partial charge is 0.431 e. The normalized spacial score (nSPS) is 14.0. The summed E-state index contributed by atoms with van der Waals surface area (Å²) in [6.45, 7) is 13.4. The molecule has 0 radical (unpaired) electrons. The maximum absolute atomic E-state index is 6.96. The van der Waals surface area contributed by atoms with Gasteiger partial charge in [0.1, 0.15) is 16.9 Å². The van der Waals surface area contributed by atoms with E-state index in [1.807, 2.05) is 6.07 Å². The first kappa shape index (κ1) is 25.3. The van der Waals surface area contributed by atoms with Gasteiger partial charge in [0.2, 0.25) is 0 Å². The number of furan rings is 1. The highest BCUT2D eigenvalue weighted by Gasteiger charge is 2.44. The van der Waals surface area contributed by atoms with Gasteiger partial charge in [0, 0.05) is 44.9 Å². The molecule has 0 amide bonds. The van der Waals surface area contributed by atoms with Crippen LogP contribution in [0.5, 0.6) is 5.75 Å². The van der Waals surface area contributed by atoms with Crippen molar-refractivity contribution in [3.63, 3.8) is 0 Å². The van der Waals surface area contributed by atoms with Crippen molar-refractivity contribution in [2.75, 3.05) is 4.90 Å². The third-order valence-electron chi connectivity index (χ3n) is 9.00. The zero-order valence-corrected chi connectivity index (χ0v) is 25.1. The van der Waals surface area contributed by atoms with Gasteiger partial charge < -0.3 is 14.0 Å². The molecule has 0 unspecified atom stereocenters. The maximum atomic E-state index is 6.96. The number of hydrogen-bond donors (Lipinski definition) is 0. The predicted octanol–water partition coefficient (Wildman–Crippen LogP) is 9.13. The molecule has 2 aliphatic heterocycles. The molecule has 5 aromatic carbocycles. The molecule has 0 saturated heterocycles. The summed E-state index contributed by atoms with van der Waals surface area (Å²) in [5.41, 5.74) is 12.6. The van der Waals surface area contributed by atoms with Crippen LogP contribution >= 0.6 is 0 Å². The molecule has 0 bridgehead atoms. The van der Waals surface area contributed by atoms with Gasteiger partial charge in [-0.05, 0) is 63.3 Å². The van der Waals surface area contributed by atoms with E-state index in [4.69, 9.17) is 9.07 Å². The van der Waals surface area contributed by atoms with Gasteiger partial charge >= 0.3 is 6.92 Å². The summed E-state index contributed by atoms with van der Waals surface area (Å²) in [5, 5.41) is 2.29. The van der Waals surface area contributed by atoms with Gasteiger partial charge in [-0.3, -0.25) is 0 Å². The molecule has 0 fully saturated rings. The molecule has 206 valence electrons. The van der Waals surface area contributed by atoms with E-state index < -0.39 is 0 Å². The molecular weight excluding hydrogens is 513 g/mol. The highest BCUT2D eigenvalue weighted by molar-refractivity contribution is 6.86. The molecular formula is C38H34BNO2. The third kappa shape index (κ3) is 3.61. The Bertz CT molecular complexity index is 2040. The maximum Gasteiger partial charge on any atom is 0.431 e. The Morgan fingerprint density at radius 3 is 2.10 bits per heavy atom. The molecule has 6 aromatic rings. The molecule has 0 saturated carbocycles. The van der Waals surface area contributed by atoms with Crippen molar-refractivity contribution in [2.24, 2.45) is 0 Å². The zero-order chi connectivity index (χ0) is 29.0. The van der Waals surface area contributed by atoms with E-state index in [0.29, 0.717) is 0 Å². The van der Waals surface area contributed by atoms with Crippen molar-refractivity contribution < 1.29 is 9.07 Å².